The maximum atomic E-state index is 12.5. The van der Waals surface area contributed by atoms with Gasteiger partial charge < -0.3 is 5.32 Å². The number of nitriles is 1. The van der Waals surface area contributed by atoms with Crippen LogP contribution in [-0.2, 0) is 0 Å². The molecule has 1 N–H and O–H groups in total. The van der Waals surface area contributed by atoms with Crippen molar-refractivity contribution in [2.24, 2.45) is 0 Å². The van der Waals surface area contributed by atoms with Crippen molar-refractivity contribution in [3.63, 3.8) is 0 Å². The first-order chi connectivity index (χ1) is 9.60. The molecule has 0 saturated carbocycles. The molecular weight excluding hydrogens is 280 g/mol. The van der Waals surface area contributed by atoms with Gasteiger partial charge in [0, 0.05) is 10.6 Å². The molecule has 0 atom stereocenters. The summed E-state index contributed by atoms with van der Waals surface area (Å²) in [5.74, 6) is -2.13. The lowest BCUT2D eigenvalue weighted by Crippen LogP contribution is -2.00. The number of rotatable bonds is 4. The van der Waals surface area contributed by atoms with Crippen LogP contribution < -0.4 is 5.32 Å². The topological polar surface area (TPSA) is 48.7 Å². The van der Waals surface area contributed by atoms with Gasteiger partial charge in [-0.25, -0.2) is 4.98 Å². The number of aryl methyl sites for hydroxylation is 1. The van der Waals surface area contributed by atoms with Crippen molar-refractivity contribution in [3.05, 3.63) is 47.7 Å². The third-order valence-electron chi connectivity index (χ3n) is 2.51. The molecule has 102 valence electrons. The molecule has 2 rings (SSSR count). The fraction of sp³-hybridized carbons (Fsp3) is 0.143. The van der Waals surface area contributed by atoms with Gasteiger partial charge in [-0.05, 0) is 31.2 Å². The van der Waals surface area contributed by atoms with Crippen LogP contribution in [-0.4, -0.2) is 10.7 Å². The predicted octanol–water partition coefficient (Wildman–Crippen LogP) is 4.32. The Morgan fingerprint density at radius 1 is 1.25 bits per heavy atom. The Kier molecular flexibility index (Phi) is 4.53. The van der Waals surface area contributed by atoms with E-state index in [0.29, 0.717) is 33.7 Å². The maximum absolute atomic E-state index is 12.5. The minimum Gasteiger partial charge on any atom is -0.338 e. The molecule has 2 aromatic rings. The van der Waals surface area contributed by atoms with E-state index in [4.69, 9.17) is 5.26 Å². The van der Waals surface area contributed by atoms with E-state index >= 15 is 0 Å². The molecule has 0 aliphatic carbocycles. The molecule has 0 aliphatic heterocycles. The van der Waals surface area contributed by atoms with E-state index in [1.165, 1.54) is 0 Å². The first-order valence-corrected chi connectivity index (χ1v) is 6.66. The molecule has 3 nitrogen and oxygen atoms in total. The average molecular weight is 291 g/mol. The van der Waals surface area contributed by atoms with E-state index in [0.717, 1.165) is 5.69 Å². The van der Waals surface area contributed by atoms with Crippen LogP contribution in [0.5, 0.6) is 0 Å². The number of para-hydroxylation sites is 1. The van der Waals surface area contributed by atoms with Crippen molar-refractivity contribution in [1.29, 1.82) is 5.26 Å². The zero-order chi connectivity index (χ0) is 14.5. The van der Waals surface area contributed by atoms with Crippen LogP contribution in [0.1, 0.15) is 11.3 Å². The Morgan fingerprint density at radius 2 is 2.00 bits per heavy atom. The van der Waals surface area contributed by atoms with Crippen LogP contribution in [0.15, 0.2) is 41.3 Å². The molecule has 1 aromatic heterocycles. The Labute approximate surface area is 119 Å². The fourth-order valence-electron chi connectivity index (χ4n) is 1.64. The second-order valence-electron chi connectivity index (χ2n) is 3.96. The molecular formula is C14H11F2N3S. The summed E-state index contributed by atoms with van der Waals surface area (Å²) < 4.78 is 25.0. The van der Waals surface area contributed by atoms with Gasteiger partial charge in [0.15, 0.2) is 0 Å². The number of halogens is 2. The van der Waals surface area contributed by atoms with E-state index < -0.39 is 5.76 Å². The van der Waals surface area contributed by atoms with Crippen LogP contribution in [0.3, 0.4) is 0 Å². The third kappa shape index (κ3) is 3.45. The highest BCUT2D eigenvalue weighted by molar-refractivity contribution is 7.99. The SMILES string of the molecule is Cc1ccc(C#N)c(Nc2ccccc2SC(F)F)n1. The second kappa shape index (κ2) is 6.35. The standard InChI is InChI=1S/C14H11F2N3S/c1-9-6-7-10(8-17)13(18-9)19-11-4-2-3-5-12(11)20-14(15)16/h2-7,14H,1H3,(H,18,19). The van der Waals surface area contributed by atoms with E-state index in [2.05, 4.69) is 10.3 Å². The number of benzene rings is 1. The number of anilines is 2. The van der Waals surface area contributed by atoms with Crippen molar-refractivity contribution >= 4 is 23.3 Å². The van der Waals surface area contributed by atoms with Gasteiger partial charge in [0.2, 0.25) is 0 Å². The molecule has 1 heterocycles. The molecule has 0 spiro atoms. The summed E-state index contributed by atoms with van der Waals surface area (Å²) in [5.41, 5.74) is 1.62. The number of hydrogen-bond donors (Lipinski definition) is 1. The molecule has 0 bridgehead atoms. The minimum atomic E-state index is -2.50. The van der Waals surface area contributed by atoms with Gasteiger partial charge in [0.25, 0.3) is 5.76 Å². The summed E-state index contributed by atoms with van der Waals surface area (Å²) in [6.07, 6.45) is 0. The Morgan fingerprint density at radius 3 is 2.70 bits per heavy atom. The zero-order valence-corrected chi connectivity index (χ0v) is 11.4. The lowest BCUT2D eigenvalue weighted by atomic mass is 10.2. The number of pyridine rings is 1. The molecule has 0 aliphatic rings. The van der Waals surface area contributed by atoms with Crippen molar-refractivity contribution in [1.82, 2.24) is 4.98 Å². The number of alkyl halides is 2. The molecule has 0 amide bonds. The normalized spacial score (nSPS) is 10.3. The first kappa shape index (κ1) is 14.3. The highest BCUT2D eigenvalue weighted by Crippen LogP contribution is 2.33. The molecule has 0 fully saturated rings. The van der Waals surface area contributed by atoms with E-state index in [1.807, 2.05) is 6.07 Å². The minimum absolute atomic E-state index is 0.368. The van der Waals surface area contributed by atoms with Crippen molar-refractivity contribution < 1.29 is 8.78 Å². The maximum Gasteiger partial charge on any atom is 0.288 e. The largest absolute Gasteiger partial charge is 0.338 e. The van der Waals surface area contributed by atoms with Gasteiger partial charge in [-0.1, -0.05) is 23.9 Å². The number of thioether (sulfide) groups is 1. The van der Waals surface area contributed by atoms with Crippen molar-refractivity contribution in [2.45, 2.75) is 17.6 Å². The number of nitrogens with zero attached hydrogens (tertiary/aromatic N) is 2. The molecule has 0 unspecified atom stereocenters. The van der Waals surface area contributed by atoms with Crippen molar-refractivity contribution in [2.75, 3.05) is 5.32 Å². The summed E-state index contributed by atoms with van der Waals surface area (Å²) in [5, 5.41) is 12.0. The van der Waals surface area contributed by atoms with Crippen LogP contribution in [0.2, 0.25) is 0 Å². The summed E-state index contributed by atoms with van der Waals surface area (Å²) in [7, 11) is 0. The van der Waals surface area contributed by atoms with E-state index in [1.54, 1.807) is 43.3 Å². The Bertz CT molecular complexity index is 653. The first-order valence-electron chi connectivity index (χ1n) is 5.79. The lowest BCUT2D eigenvalue weighted by Gasteiger charge is -2.12. The monoisotopic (exact) mass is 291 g/mol. The van der Waals surface area contributed by atoms with Crippen molar-refractivity contribution in [3.8, 4) is 6.07 Å². The number of hydrogen-bond acceptors (Lipinski definition) is 4. The fourth-order valence-corrected chi connectivity index (χ4v) is 2.23. The van der Waals surface area contributed by atoms with Crippen LogP contribution in [0, 0.1) is 18.3 Å². The summed E-state index contributed by atoms with van der Waals surface area (Å²) >= 11 is 0.455. The van der Waals surface area contributed by atoms with Gasteiger partial charge in [0.1, 0.15) is 11.9 Å². The van der Waals surface area contributed by atoms with Crippen LogP contribution >= 0.6 is 11.8 Å². The number of aromatic nitrogens is 1. The highest BCUT2D eigenvalue weighted by Gasteiger charge is 2.11. The number of nitrogens with one attached hydrogen (secondary N) is 1. The predicted molar refractivity (Wildman–Crippen MR) is 75.3 cm³/mol. The van der Waals surface area contributed by atoms with Gasteiger partial charge in [-0.3, -0.25) is 0 Å². The molecule has 1 aromatic carbocycles. The third-order valence-corrected chi connectivity index (χ3v) is 3.30. The van der Waals surface area contributed by atoms with Gasteiger partial charge in [-0.2, -0.15) is 14.0 Å². The average Bonchev–Trinajstić information content (AvgIpc) is 2.41. The molecule has 6 heteroatoms. The quantitative estimate of drug-likeness (QED) is 0.852. The summed E-state index contributed by atoms with van der Waals surface area (Å²) in [4.78, 5) is 4.64. The van der Waals surface area contributed by atoms with E-state index in [-0.39, 0.29) is 0 Å². The Balaban J connectivity index is 2.35. The van der Waals surface area contributed by atoms with Crippen LogP contribution in [0.25, 0.3) is 0 Å². The van der Waals surface area contributed by atoms with Crippen LogP contribution in [0.4, 0.5) is 20.3 Å². The molecule has 20 heavy (non-hydrogen) atoms. The highest BCUT2D eigenvalue weighted by atomic mass is 32.2. The summed E-state index contributed by atoms with van der Waals surface area (Å²) in [6, 6.07) is 12.1. The van der Waals surface area contributed by atoms with Gasteiger partial charge >= 0.3 is 0 Å². The summed E-state index contributed by atoms with van der Waals surface area (Å²) in [6.45, 7) is 1.80. The van der Waals surface area contributed by atoms with Gasteiger partial charge in [0.05, 0.1) is 11.3 Å². The van der Waals surface area contributed by atoms with E-state index in [9.17, 15) is 8.78 Å². The Hall–Kier alpha value is -2.13. The van der Waals surface area contributed by atoms with Gasteiger partial charge in [-0.15, -0.1) is 0 Å². The molecule has 0 radical (unpaired) electrons. The zero-order valence-electron chi connectivity index (χ0n) is 10.6. The lowest BCUT2D eigenvalue weighted by molar-refractivity contribution is 0.252. The second-order valence-corrected chi connectivity index (χ2v) is 4.99. The molecule has 0 saturated heterocycles. The smallest absolute Gasteiger partial charge is 0.288 e.